The average molecular weight is 648 g/mol. The van der Waals surface area contributed by atoms with Crippen LogP contribution in [0.25, 0.3) is 17.5 Å². The Morgan fingerprint density at radius 2 is 1.64 bits per heavy atom. The number of aromatic nitrogens is 2. The lowest BCUT2D eigenvalue weighted by Gasteiger charge is -2.26. The SMILES string of the molecule is CCOC(=O)C1=C(c2ccccc2)N=c2s/c(=C/c3cc(C)n(-c4ccc(C(=O)OC)cc4)c3C)c(=O)n2[C@H]1c1ccc(OC)cc1. The van der Waals surface area contributed by atoms with Crippen LogP contribution in [0.3, 0.4) is 0 Å². The van der Waals surface area contributed by atoms with Crippen molar-refractivity contribution < 1.29 is 23.8 Å². The number of rotatable bonds is 8. The molecule has 3 heterocycles. The highest BCUT2D eigenvalue weighted by molar-refractivity contribution is 7.07. The molecule has 0 spiro atoms. The van der Waals surface area contributed by atoms with Crippen LogP contribution in [0.2, 0.25) is 0 Å². The molecular formula is C37H33N3O6S. The van der Waals surface area contributed by atoms with Crippen LogP contribution in [0, 0.1) is 13.8 Å². The number of hydrogen-bond donors (Lipinski definition) is 0. The monoisotopic (exact) mass is 647 g/mol. The zero-order valence-corrected chi connectivity index (χ0v) is 27.5. The van der Waals surface area contributed by atoms with E-state index in [4.69, 9.17) is 19.2 Å². The standard InChI is InChI=1S/C37H33N3O6S/c1-6-46-36(43)31-32(24-10-8-7-9-11-24)38-37-40(33(31)25-14-18-29(44-4)19-15-25)34(41)30(47-37)21-27-20-22(2)39(23(27)3)28-16-12-26(13-17-28)35(42)45-5/h7-21,33H,6H2,1-5H3/b30-21+/t33-/m0/s1. The van der Waals surface area contributed by atoms with Crippen LogP contribution >= 0.6 is 11.3 Å². The van der Waals surface area contributed by atoms with E-state index in [0.29, 0.717) is 26.3 Å². The lowest BCUT2D eigenvalue weighted by molar-refractivity contribution is -0.138. The fourth-order valence-corrected chi connectivity index (χ4v) is 6.87. The third kappa shape index (κ3) is 5.83. The van der Waals surface area contributed by atoms with Crippen molar-refractivity contribution in [1.29, 1.82) is 0 Å². The molecule has 3 aromatic carbocycles. The van der Waals surface area contributed by atoms with Gasteiger partial charge < -0.3 is 18.8 Å². The molecule has 0 saturated carbocycles. The van der Waals surface area contributed by atoms with Crippen molar-refractivity contribution in [1.82, 2.24) is 9.13 Å². The molecule has 10 heteroatoms. The second-order valence-corrected chi connectivity index (χ2v) is 11.9. The van der Waals surface area contributed by atoms with Gasteiger partial charge in [0.15, 0.2) is 4.80 Å². The van der Waals surface area contributed by atoms with Crippen molar-refractivity contribution in [3.8, 4) is 11.4 Å². The van der Waals surface area contributed by atoms with Gasteiger partial charge in [0.25, 0.3) is 5.56 Å². The highest BCUT2D eigenvalue weighted by Crippen LogP contribution is 2.35. The quantitative estimate of drug-likeness (QED) is 0.216. The molecule has 0 N–H and O–H groups in total. The van der Waals surface area contributed by atoms with E-state index in [0.717, 1.165) is 33.8 Å². The van der Waals surface area contributed by atoms with Gasteiger partial charge in [-0.3, -0.25) is 9.36 Å². The molecule has 0 saturated heterocycles. The molecule has 2 aromatic heterocycles. The number of carbonyl (C=O) groups is 2. The third-order valence-electron chi connectivity index (χ3n) is 8.11. The van der Waals surface area contributed by atoms with Crippen molar-refractivity contribution in [3.05, 3.63) is 144 Å². The van der Waals surface area contributed by atoms with E-state index >= 15 is 0 Å². The third-order valence-corrected chi connectivity index (χ3v) is 9.09. The molecule has 5 aromatic rings. The maximum atomic E-state index is 14.3. The van der Waals surface area contributed by atoms with Crippen LogP contribution < -0.4 is 19.6 Å². The van der Waals surface area contributed by atoms with Gasteiger partial charge in [-0.2, -0.15) is 0 Å². The second kappa shape index (κ2) is 13.1. The second-order valence-electron chi connectivity index (χ2n) is 10.9. The minimum Gasteiger partial charge on any atom is -0.497 e. The molecule has 0 amide bonds. The molecule has 0 bridgehead atoms. The van der Waals surface area contributed by atoms with E-state index in [1.165, 1.54) is 18.4 Å². The van der Waals surface area contributed by atoms with E-state index in [1.54, 1.807) is 30.7 Å². The van der Waals surface area contributed by atoms with Crippen LogP contribution in [0.5, 0.6) is 5.75 Å². The van der Waals surface area contributed by atoms with Gasteiger partial charge in [0.1, 0.15) is 5.75 Å². The van der Waals surface area contributed by atoms with Gasteiger partial charge in [0.2, 0.25) is 0 Å². The first kappa shape index (κ1) is 31.5. The highest BCUT2D eigenvalue weighted by atomic mass is 32.1. The molecule has 6 rings (SSSR count). The predicted octanol–water partition coefficient (Wildman–Crippen LogP) is 5.14. The number of benzene rings is 3. The predicted molar refractivity (Wildman–Crippen MR) is 181 cm³/mol. The highest BCUT2D eigenvalue weighted by Gasteiger charge is 2.35. The minimum atomic E-state index is -0.783. The lowest BCUT2D eigenvalue weighted by Crippen LogP contribution is -2.40. The number of methoxy groups -OCH3 is 2. The fourth-order valence-electron chi connectivity index (χ4n) is 5.88. The number of fused-ring (bicyclic) bond motifs is 1. The first-order chi connectivity index (χ1) is 22.7. The Hall–Kier alpha value is -5.48. The first-order valence-electron chi connectivity index (χ1n) is 15.1. The van der Waals surface area contributed by atoms with E-state index in [2.05, 4.69) is 4.57 Å². The Morgan fingerprint density at radius 3 is 2.28 bits per heavy atom. The van der Waals surface area contributed by atoms with Gasteiger partial charge >= 0.3 is 11.9 Å². The normalized spacial score (nSPS) is 14.4. The number of thiazole rings is 1. The molecular weight excluding hydrogens is 614 g/mol. The number of aryl methyl sites for hydroxylation is 1. The average Bonchev–Trinajstić information content (AvgIpc) is 3.56. The number of esters is 2. The molecule has 0 radical (unpaired) electrons. The molecule has 1 atom stereocenters. The molecule has 238 valence electrons. The Kier molecular flexibility index (Phi) is 8.78. The van der Waals surface area contributed by atoms with Crippen molar-refractivity contribution in [2.75, 3.05) is 20.8 Å². The van der Waals surface area contributed by atoms with Crippen molar-refractivity contribution in [2.24, 2.45) is 4.99 Å². The Labute approximate surface area is 275 Å². The number of nitrogens with zero attached hydrogens (tertiary/aromatic N) is 3. The first-order valence-corrected chi connectivity index (χ1v) is 15.9. The van der Waals surface area contributed by atoms with E-state index in [1.807, 2.05) is 92.7 Å². The summed E-state index contributed by atoms with van der Waals surface area (Å²) in [6.07, 6.45) is 1.87. The number of carbonyl (C=O) groups excluding carboxylic acids is 2. The smallest absolute Gasteiger partial charge is 0.338 e. The molecule has 1 aliphatic rings. The van der Waals surface area contributed by atoms with Crippen LogP contribution in [0.4, 0.5) is 0 Å². The molecule has 47 heavy (non-hydrogen) atoms. The van der Waals surface area contributed by atoms with Crippen LogP contribution in [0.1, 0.15) is 51.4 Å². The lowest BCUT2D eigenvalue weighted by atomic mass is 9.93. The topological polar surface area (TPSA) is 101 Å². The summed E-state index contributed by atoms with van der Waals surface area (Å²) in [4.78, 5) is 45.4. The summed E-state index contributed by atoms with van der Waals surface area (Å²) in [6, 6.07) is 25.2. The maximum absolute atomic E-state index is 14.3. The van der Waals surface area contributed by atoms with Gasteiger partial charge in [-0.15, -0.1) is 0 Å². The molecule has 9 nitrogen and oxygen atoms in total. The summed E-state index contributed by atoms with van der Waals surface area (Å²) < 4.78 is 19.9. The van der Waals surface area contributed by atoms with Gasteiger partial charge in [-0.25, -0.2) is 14.6 Å². The minimum absolute atomic E-state index is 0.172. The largest absolute Gasteiger partial charge is 0.497 e. The van der Waals surface area contributed by atoms with E-state index < -0.39 is 18.0 Å². The van der Waals surface area contributed by atoms with Gasteiger partial charge in [-0.1, -0.05) is 53.8 Å². The Morgan fingerprint density at radius 1 is 0.936 bits per heavy atom. The molecule has 0 unspecified atom stereocenters. The summed E-state index contributed by atoms with van der Waals surface area (Å²) >= 11 is 1.27. The van der Waals surface area contributed by atoms with Crippen molar-refractivity contribution in [3.63, 3.8) is 0 Å². The Balaban J connectivity index is 1.54. The van der Waals surface area contributed by atoms with E-state index in [-0.39, 0.29) is 17.7 Å². The van der Waals surface area contributed by atoms with Gasteiger partial charge in [0, 0.05) is 22.6 Å². The van der Waals surface area contributed by atoms with E-state index in [9.17, 15) is 14.4 Å². The zero-order chi connectivity index (χ0) is 33.2. The summed E-state index contributed by atoms with van der Waals surface area (Å²) in [6.45, 7) is 5.89. The van der Waals surface area contributed by atoms with Crippen LogP contribution in [-0.4, -0.2) is 41.9 Å². The molecule has 0 fully saturated rings. The summed E-state index contributed by atoms with van der Waals surface area (Å²) in [5, 5.41) is 0. The molecule has 0 aliphatic carbocycles. The summed E-state index contributed by atoms with van der Waals surface area (Å²) in [7, 11) is 2.94. The number of hydrogen-bond acceptors (Lipinski definition) is 8. The Bertz CT molecular complexity index is 2190. The van der Waals surface area contributed by atoms with Crippen LogP contribution in [-0.2, 0) is 14.3 Å². The van der Waals surface area contributed by atoms with Crippen molar-refractivity contribution >= 4 is 35.0 Å². The fraction of sp³-hybridized carbons (Fsp3) is 0.189. The summed E-state index contributed by atoms with van der Waals surface area (Å²) in [5.74, 6) is -0.281. The zero-order valence-electron chi connectivity index (χ0n) is 26.6. The number of ether oxygens (including phenoxy) is 3. The van der Waals surface area contributed by atoms with Crippen LogP contribution in [0.15, 0.2) is 100 Å². The van der Waals surface area contributed by atoms with Crippen molar-refractivity contribution in [2.45, 2.75) is 26.8 Å². The summed E-state index contributed by atoms with van der Waals surface area (Å²) in [5.41, 5.74) is 6.02. The van der Waals surface area contributed by atoms with Gasteiger partial charge in [0.05, 0.1) is 48.2 Å². The molecule has 1 aliphatic heterocycles. The van der Waals surface area contributed by atoms with Gasteiger partial charge in [-0.05, 0) is 80.4 Å². The maximum Gasteiger partial charge on any atom is 0.338 e.